The molecule has 0 radical (unpaired) electrons. The van der Waals surface area contributed by atoms with Gasteiger partial charge >= 0.3 is 0 Å². The van der Waals surface area contributed by atoms with Crippen molar-refractivity contribution in [3.05, 3.63) is 18.7 Å². The van der Waals surface area contributed by atoms with E-state index < -0.39 is 0 Å². The third kappa shape index (κ3) is 3.40. The highest BCUT2D eigenvalue weighted by Crippen LogP contribution is 1.91. The number of halogens is 1. The highest BCUT2D eigenvalue weighted by atomic mass is 35.5. The number of unbranched alkanes of at least 4 members (excludes halogenated alkanes) is 1. The molecule has 12 heavy (non-hydrogen) atoms. The molecular formula is C8H12ClN3. The second-order valence-corrected chi connectivity index (χ2v) is 2.58. The van der Waals surface area contributed by atoms with Crippen molar-refractivity contribution in [2.45, 2.75) is 19.4 Å². The first-order valence-electron chi connectivity index (χ1n) is 3.71. The fraction of sp³-hybridized carbons (Fsp3) is 0.500. The Morgan fingerprint density at radius 1 is 1.58 bits per heavy atom. The van der Waals surface area contributed by atoms with Crippen LogP contribution in [-0.2, 0) is 13.6 Å². The van der Waals surface area contributed by atoms with Gasteiger partial charge in [0.15, 0.2) is 0 Å². The highest BCUT2D eigenvalue weighted by Gasteiger charge is 1.97. The molecular weight excluding hydrogens is 174 g/mol. The van der Waals surface area contributed by atoms with Crippen molar-refractivity contribution < 1.29 is 17.0 Å². The van der Waals surface area contributed by atoms with Gasteiger partial charge in [-0.05, 0) is 6.42 Å². The molecule has 0 bridgehead atoms. The molecule has 0 atom stereocenters. The number of nitrogens with zero attached hydrogens (tertiary/aromatic N) is 3. The lowest BCUT2D eigenvalue weighted by Gasteiger charge is -1.89. The lowest BCUT2D eigenvalue weighted by atomic mass is 10.3. The van der Waals surface area contributed by atoms with Gasteiger partial charge in [-0.2, -0.15) is 5.26 Å². The molecule has 0 spiro atoms. The molecule has 0 unspecified atom stereocenters. The van der Waals surface area contributed by atoms with Crippen LogP contribution in [0.15, 0.2) is 18.7 Å². The van der Waals surface area contributed by atoms with E-state index in [4.69, 9.17) is 5.26 Å². The average molecular weight is 186 g/mol. The van der Waals surface area contributed by atoms with Gasteiger partial charge in [-0.15, -0.1) is 0 Å². The van der Waals surface area contributed by atoms with Crippen LogP contribution in [0.5, 0.6) is 0 Å². The first-order valence-corrected chi connectivity index (χ1v) is 3.71. The predicted molar refractivity (Wildman–Crippen MR) is 40.5 cm³/mol. The van der Waals surface area contributed by atoms with Crippen molar-refractivity contribution in [3.63, 3.8) is 0 Å². The van der Waals surface area contributed by atoms with Gasteiger partial charge in [-0.25, -0.2) is 9.13 Å². The summed E-state index contributed by atoms with van der Waals surface area (Å²) in [5.74, 6) is 0. The minimum absolute atomic E-state index is 0. The van der Waals surface area contributed by atoms with Crippen LogP contribution in [0.1, 0.15) is 12.8 Å². The topological polar surface area (TPSA) is 32.6 Å². The maximum absolute atomic E-state index is 8.29. The van der Waals surface area contributed by atoms with Crippen molar-refractivity contribution in [3.8, 4) is 6.07 Å². The van der Waals surface area contributed by atoms with E-state index in [-0.39, 0.29) is 12.4 Å². The molecule has 1 aromatic heterocycles. The van der Waals surface area contributed by atoms with E-state index >= 15 is 0 Å². The van der Waals surface area contributed by atoms with Gasteiger partial charge in [-0.1, -0.05) is 0 Å². The zero-order chi connectivity index (χ0) is 8.10. The standard InChI is InChI=1S/C8H12N3.ClH/c1-10-6-7-11(8-10)5-3-2-4-9;/h6-8H,2-3,5H2,1H3;1H/q+1;/p-1. The Morgan fingerprint density at radius 2 is 2.33 bits per heavy atom. The molecule has 0 amide bonds. The van der Waals surface area contributed by atoms with E-state index in [0.29, 0.717) is 6.42 Å². The van der Waals surface area contributed by atoms with Gasteiger partial charge in [0.05, 0.1) is 19.7 Å². The van der Waals surface area contributed by atoms with Crippen LogP contribution in [0, 0.1) is 11.3 Å². The van der Waals surface area contributed by atoms with E-state index in [1.807, 2.05) is 30.3 Å². The predicted octanol–water partition coefficient (Wildman–Crippen LogP) is -2.38. The molecule has 0 saturated carbocycles. The third-order valence-corrected chi connectivity index (χ3v) is 1.53. The van der Waals surface area contributed by atoms with Crippen LogP contribution in [0.4, 0.5) is 0 Å². The Kier molecular flexibility index (Phi) is 5.14. The Labute approximate surface area is 78.7 Å². The Hall–Kier alpha value is -1.01. The number of hydrogen-bond donors (Lipinski definition) is 0. The summed E-state index contributed by atoms with van der Waals surface area (Å²) in [6.45, 7) is 0.939. The van der Waals surface area contributed by atoms with E-state index in [2.05, 4.69) is 10.6 Å². The minimum Gasteiger partial charge on any atom is -1.00 e. The highest BCUT2D eigenvalue weighted by molar-refractivity contribution is 4.71. The molecule has 0 aliphatic carbocycles. The monoisotopic (exact) mass is 185 g/mol. The Balaban J connectivity index is 0.00000121. The molecule has 0 aromatic carbocycles. The van der Waals surface area contributed by atoms with E-state index in [0.717, 1.165) is 13.0 Å². The van der Waals surface area contributed by atoms with Crippen LogP contribution in [0.2, 0.25) is 0 Å². The number of aryl methyl sites for hydroxylation is 2. The van der Waals surface area contributed by atoms with Crippen LogP contribution in [0.3, 0.4) is 0 Å². The van der Waals surface area contributed by atoms with Gasteiger partial charge < -0.3 is 12.4 Å². The van der Waals surface area contributed by atoms with Crippen molar-refractivity contribution in [2.24, 2.45) is 7.05 Å². The summed E-state index contributed by atoms with van der Waals surface area (Å²) < 4.78 is 4.07. The first-order chi connectivity index (χ1) is 5.33. The van der Waals surface area contributed by atoms with E-state index in [9.17, 15) is 0 Å². The summed E-state index contributed by atoms with van der Waals surface area (Å²) in [7, 11) is 1.99. The van der Waals surface area contributed by atoms with Crippen molar-refractivity contribution in [1.29, 1.82) is 5.26 Å². The normalized spacial score (nSPS) is 8.67. The lowest BCUT2D eigenvalue weighted by Crippen LogP contribution is -3.00. The molecule has 0 saturated heterocycles. The summed E-state index contributed by atoms with van der Waals surface area (Å²) in [6, 6.07) is 2.12. The third-order valence-electron chi connectivity index (χ3n) is 1.53. The summed E-state index contributed by atoms with van der Waals surface area (Å²) in [5, 5.41) is 8.29. The fourth-order valence-corrected chi connectivity index (χ4v) is 0.975. The van der Waals surface area contributed by atoms with E-state index in [1.54, 1.807) is 0 Å². The molecule has 0 aliphatic heterocycles. The van der Waals surface area contributed by atoms with Crippen LogP contribution in [0.25, 0.3) is 0 Å². The summed E-state index contributed by atoms with van der Waals surface area (Å²) in [4.78, 5) is 0. The average Bonchev–Trinajstić information content (AvgIpc) is 2.37. The Bertz CT molecular complexity index is 262. The van der Waals surface area contributed by atoms with Gasteiger partial charge in [0.25, 0.3) is 0 Å². The number of rotatable bonds is 3. The number of imidazole rings is 1. The first kappa shape index (κ1) is 11.0. The fourth-order valence-electron chi connectivity index (χ4n) is 0.975. The zero-order valence-corrected chi connectivity index (χ0v) is 7.83. The zero-order valence-electron chi connectivity index (χ0n) is 7.07. The molecule has 0 aliphatic rings. The van der Waals surface area contributed by atoms with Gasteiger partial charge in [0.2, 0.25) is 6.33 Å². The number of hydrogen-bond acceptors (Lipinski definition) is 1. The largest absolute Gasteiger partial charge is 1.00 e. The van der Waals surface area contributed by atoms with Crippen molar-refractivity contribution in [2.75, 3.05) is 0 Å². The van der Waals surface area contributed by atoms with Gasteiger partial charge in [-0.3, -0.25) is 0 Å². The van der Waals surface area contributed by atoms with Crippen molar-refractivity contribution in [1.82, 2.24) is 4.57 Å². The second kappa shape index (κ2) is 5.62. The summed E-state index contributed by atoms with van der Waals surface area (Å²) in [6.07, 6.45) is 7.59. The molecule has 3 nitrogen and oxygen atoms in total. The molecule has 4 heteroatoms. The van der Waals surface area contributed by atoms with E-state index in [1.165, 1.54) is 0 Å². The molecule has 1 heterocycles. The summed E-state index contributed by atoms with van der Waals surface area (Å²) >= 11 is 0. The molecule has 0 fully saturated rings. The molecule has 66 valence electrons. The van der Waals surface area contributed by atoms with Crippen LogP contribution >= 0.6 is 0 Å². The second-order valence-electron chi connectivity index (χ2n) is 2.58. The molecule has 1 rings (SSSR count). The SMILES string of the molecule is C[n+]1ccn(CCCC#N)c1.[Cl-]. The smallest absolute Gasteiger partial charge is 0.243 e. The number of nitriles is 1. The van der Waals surface area contributed by atoms with Crippen LogP contribution < -0.4 is 17.0 Å². The quantitative estimate of drug-likeness (QED) is 0.383. The van der Waals surface area contributed by atoms with Gasteiger partial charge in [0, 0.05) is 6.42 Å². The molecule has 1 aromatic rings. The lowest BCUT2D eigenvalue weighted by molar-refractivity contribution is -0.671. The van der Waals surface area contributed by atoms with Crippen molar-refractivity contribution >= 4 is 0 Å². The minimum atomic E-state index is 0. The maximum Gasteiger partial charge on any atom is 0.243 e. The number of aromatic nitrogens is 2. The Morgan fingerprint density at radius 3 is 2.83 bits per heavy atom. The van der Waals surface area contributed by atoms with Gasteiger partial charge in [0.1, 0.15) is 12.4 Å². The van der Waals surface area contributed by atoms with Crippen LogP contribution in [-0.4, -0.2) is 4.57 Å². The maximum atomic E-state index is 8.29. The molecule has 0 N–H and O–H groups in total. The summed E-state index contributed by atoms with van der Waals surface area (Å²) in [5.41, 5.74) is 0.